The van der Waals surface area contributed by atoms with E-state index in [0.29, 0.717) is 47.3 Å². The van der Waals surface area contributed by atoms with Crippen molar-refractivity contribution in [1.29, 1.82) is 0 Å². The van der Waals surface area contributed by atoms with Gasteiger partial charge in [-0.3, -0.25) is 14.4 Å². The molecule has 818 valence electrons. The number of rotatable bonds is 48. The Hall–Kier alpha value is -5.12. The minimum Gasteiger partial charge on any atom is -0.481 e. The first kappa shape index (κ1) is 134. The summed E-state index contributed by atoms with van der Waals surface area (Å²) in [6.07, 6.45) is 37.5. The Labute approximate surface area is 879 Å². The number of carbonyl (C=O) groups is 3. The average Bonchev–Trinajstić information content (AvgIpc) is 1.62. The zero-order valence-corrected chi connectivity index (χ0v) is 103. The monoisotopic (exact) mass is 2060 g/mol. The molecule has 0 radical (unpaired) electrons. The molecule has 7 rings (SSSR count). The van der Waals surface area contributed by atoms with E-state index in [9.17, 15) is 29.7 Å². The van der Waals surface area contributed by atoms with Crippen LogP contribution < -0.4 is 0 Å². The maximum atomic E-state index is 13.2. The molecule has 3 N–H and O–H groups in total. The number of aliphatic hydroxyl groups is 2. The van der Waals surface area contributed by atoms with Gasteiger partial charge in [-0.25, -0.2) is 0 Å². The summed E-state index contributed by atoms with van der Waals surface area (Å²) in [5.41, 5.74) is 1.20. The normalized spacial score (nSPS) is 24.8. The van der Waals surface area contributed by atoms with Crippen LogP contribution in [-0.2, 0) is 65.5 Å². The van der Waals surface area contributed by atoms with Gasteiger partial charge in [0.25, 0.3) is 0 Å². The first-order valence-corrected chi connectivity index (χ1v) is 66.4. The Morgan fingerprint density at radius 2 is 0.671 bits per heavy atom. The first-order valence-electron chi connectivity index (χ1n) is 56.3. The van der Waals surface area contributed by atoms with Crippen molar-refractivity contribution in [3.8, 4) is 35.5 Å². The highest BCUT2D eigenvalue weighted by molar-refractivity contribution is 6.75. The fourth-order valence-electron chi connectivity index (χ4n) is 22.4. The molecule has 7 fully saturated rings. The van der Waals surface area contributed by atoms with Crippen molar-refractivity contribution in [1.82, 2.24) is 0 Å². The minimum atomic E-state index is -1.86. The third-order valence-corrected chi connectivity index (χ3v) is 57.0. The SMILES string of the molecule is C1CCOC1.CC#CC(C)(C)C(C)[C@@H](/C=C/[C@H]1C(O[Si](CC)(CC)CC)C[C@@H]2C/C(=C\CC(C)(C)C(C)(C)C(=O)O)C[C@@H]21)O[Si](CC)(CC)CC.CC#CC(C)(C)C(C)[C@@H](/C=C/[C@H]1C(O[Si](CC)(CC)CC)C[C@@H]2C/C(=C\CC(C)(C)C(C)(C)C(=O)O[C@@H](C)CC)C[C@@H]21)O[Si](CC)(CC)CC.CC#CC(C)(C)C(C)[C@H](O)/C=C/[C@H]1C(O)C[C@@H]2C/C(=C\CC(C)(C)C(C)(C)C(=O)O[C@@H](C)CC)C[C@@H]21.O=C=O.O=C=O. The van der Waals surface area contributed by atoms with Crippen LogP contribution in [0, 0.1) is 155 Å². The Morgan fingerprint density at radius 3 is 0.937 bits per heavy atom. The van der Waals surface area contributed by atoms with E-state index in [-0.39, 0.29) is 123 Å². The summed E-state index contributed by atoms with van der Waals surface area (Å²) in [7, 11) is -7.29. The molecule has 0 aromatic carbocycles. The summed E-state index contributed by atoms with van der Waals surface area (Å²) in [6, 6.07) is 13.9. The zero-order chi connectivity index (χ0) is 110. The van der Waals surface area contributed by atoms with Crippen molar-refractivity contribution >= 4 is 63.5 Å². The molecule has 1 heterocycles. The smallest absolute Gasteiger partial charge is 0.373 e. The van der Waals surface area contributed by atoms with Crippen molar-refractivity contribution in [3.05, 3.63) is 71.4 Å². The predicted octanol–water partition coefficient (Wildman–Crippen LogP) is 30.6. The van der Waals surface area contributed by atoms with Gasteiger partial charge in [-0.2, -0.15) is 19.2 Å². The van der Waals surface area contributed by atoms with E-state index in [1.54, 1.807) is 5.57 Å². The minimum absolute atomic E-state index is 0.00725. The van der Waals surface area contributed by atoms with Gasteiger partial charge in [0.2, 0.25) is 0 Å². The number of carbonyl (C=O) groups excluding carboxylic acids is 6. The molecule has 6 saturated carbocycles. The molecule has 6 aliphatic carbocycles. The van der Waals surface area contributed by atoms with Gasteiger partial charge >= 0.3 is 30.2 Å². The molecular formula is C122H212O17Si4. The predicted molar refractivity (Wildman–Crippen MR) is 600 cm³/mol. The lowest BCUT2D eigenvalue weighted by molar-refractivity contribution is -0.193. The van der Waals surface area contributed by atoms with Gasteiger partial charge in [0.1, 0.15) is 0 Å². The Kier molecular flexibility index (Phi) is 56.4. The summed E-state index contributed by atoms with van der Waals surface area (Å²) in [6.45, 7) is 88.6. The van der Waals surface area contributed by atoms with Gasteiger partial charge in [0.15, 0.2) is 33.3 Å². The second kappa shape index (κ2) is 60.2. The van der Waals surface area contributed by atoms with Crippen LogP contribution in [0.3, 0.4) is 0 Å². The number of aliphatic carboxylic acids is 1. The lowest BCUT2D eigenvalue weighted by atomic mass is 9.66. The van der Waals surface area contributed by atoms with Crippen LogP contribution in [-0.4, -0.2) is 141 Å². The number of hydrogen-bond acceptors (Lipinski definition) is 16. The number of fused-ring (bicyclic) bond motifs is 3. The lowest BCUT2D eigenvalue weighted by Crippen LogP contribution is -2.44. The fourth-order valence-corrected chi connectivity index (χ4v) is 34.0. The van der Waals surface area contributed by atoms with Crippen molar-refractivity contribution in [2.24, 2.45) is 120 Å². The van der Waals surface area contributed by atoms with Crippen LogP contribution in [0.4, 0.5) is 0 Å². The highest BCUT2D eigenvalue weighted by Gasteiger charge is 2.55. The number of aliphatic hydroxyl groups excluding tert-OH is 2. The van der Waals surface area contributed by atoms with Gasteiger partial charge < -0.3 is 47.2 Å². The third-order valence-electron chi connectivity index (χ3n) is 38.3. The maximum Gasteiger partial charge on any atom is 0.373 e. The lowest BCUT2D eigenvalue weighted by Gasteiger charge is -2.39. The molecule has 17 nitrogen and oxygen atoms in total. The molecule has 21 heteroatoms. The van der Waals surface area contributed by atoms with Crippen LogP contribution in [0.2, 0.25) is 72.5 Å². The molecule has 0 aromatic rings. The fraction of sp³-hybridized carbons (Fsp3) is 0.811. The van der Waals surface area contributed by atoms with E-state index in [4.69, 9.17) is 51.1 Å². The van der Waals surface area contributed by atoms with Gasteiger partial charge in [-0.05, 0) is 345 Å². The number of allylic oxidation sites excluding steroid dienone is 6. The summed E-state index contributed by atoms with van der Waals surface area (Å²) >= 11 is 0. The molecule has 6 unspecified atom stereocenters. The zero-order valence-electron chi connectivity index (χ0n) is 98.5. The molecule has 7 aliphatic rings. The van der Waals surface area contributed by atoms with Gasteiger partial charge in [-0.15, -0.1) is 17.8 Å². The first-order chi connectivity index (χ1) is 66.6. The summed E-state index contributed by atoms with van der Waals surface area (Å²) in [4.78, 5) is 70.7. The van der Waals surface area contributed by atoms with Gasteiger partial charge in [-0.1, -0.05) is 248 Å². The average molecular weight is 2060 g/mol. The molecule has 20 atom stereocenters. The third kappa shape index (κ3) is 36.9. The molecule has 0 spiro atoms. The van der Waals surface area contributed by atoms with Crippen LogP contribution in [0.5, 0.6) is 0 Å². The number of hydrogen-bond donors (Lipinski definition) is 3. The molecule has 1 aliphatic heterocycles. The second-order valence-corrected chi connectivity index (χ2v) is 67.9. The van der Waals surface area contributed by atoms with Gasteiger partial charge in [0.05, 0.1) is 65.1 Å². The van der Waals surface area contributed by atoms with E-state index in [2.05, 4.69) is 285 Å². The van der Waals surface area contributed by atoms with E-state index in [1.807, 2.05) is 82.2 Å². The molecular weight excluding hydrogens is 1850 g/mol. The van der Waals surface area contributed by atoms with Gasteiger partial charge in [0, 0.05) is 65.0 Å². The van der Waals surface area contributed by atoms with Crippen molar-refractivity contribution in [2.75, 3.05) is 13.2 Å². The number of carboxylic acid groups (broad SMARTS) is 1. The summed E-state index contributed by atoms with van der Waals surface area (Å²) < 4.78 is 45.8. The quantitative estimate of drug-likeness (QED) is 0.0222. The Morgan fingerprint density at radius 1 is 0.399 bits per heavy atom. The molecule has 0 bridgehead atoms. The summed E-state index contributed by atoms with van der Waals surface area (Å²) in [5.74, 6) is 23.3. The number of carboxylic acids is 1. The Bertz CT molecular complexity index is 4260. The number of esters is 2. The number of ether oxygens (including phenoxy) is 3. The molecule has 143 heavy (non-hydrogen) atoms. The van der Waals surface area contributed by atoms with E-state index in [0.717, 1.165) is 139 Å². The molecule has 0 aromatic heterocycles. The van der Waals surface area contributed by atoms with Crippen molar-refractivity contribution in [3.63, 3.8) is 0 Å². The molecule has 1 saturated heterocycles. The van der Waals surface area contributed by atoms with Crippen LogP contribution in [0.25, 0.3) is 0 Å². The van der Waals surface area contributed by atoms with Crippen molar-refractivity contribution in [2.45, 2.75) is 501 Å². The molecule has 0 amide bonds. The van der Waals surface area contributed by atoms with E-state index < -0.39 is 61.6 Å². The van der Waals surface area contributed by atoms with Crippen molar-refractivity contribution < 1.29 is 80.8 Å². The Balaban J connectivity index is 0.000000693. The highest BCUT2D eigenvalue weighted by Crippen LogP contribution is 2.58. The topological polar surface area (TPSA) is 245 Å². The van der Waals surface area contributed by atoms with E-state index in [1.165, 1.54) is 60.3 Å². The summed E-state index contributed by atoms with van der Waals surface area (Å²) in [5, 5.41) is 31.5. The highest BCUT2D eigenvalue weighted by atomic mass is 28.4. The largest absolute Gasteiger partial charge is 0.481 e. The standard InChI is InChI=1S/C44H80O4Si2.C40H72O4Si2.C32H52O4.C4H8O.2CO2/c1-17-28-42(11,12)34(10)39(47-49(19-3,20-4)21-5)26-25-37-38-31-35(30-36(38)32-40(37)48-50(22-6,23-7)24-8)27-29-43(13,14)44(15,16)41(45)46-33(9)18-2;1-15-25-38(9,10)30(8)35(43-45(16-2,17-3)18-4)23-22-33-34-28-31(24-26-39(11,12)40(13,14)37(41)42)27-32(34)29-36(33)44-46(19-5,20-6)21-7;1-11-16-30(5,6)22(4)27(33)14-13-25-26-19-23(18-24(26)20-28(25)34)15-17-31(7,8)32(9,10)29(35)36-21(3)12-2;1-2-4-5-3-1;2*2-1-3/h25-27,33-34,36-40H,18-24,29-32H2,1-16H3;22-24,30,32-36H,16-21,26-29H2,1-14H3,(H,41,42);13-15,21-22,24-28,33-34H,12,17-20H2,1-10H3;1-4H2;;/b26-25+,35-27+;23-22+,31-24+;14-13+,23-15+;;;/t33-,34?,36-,37+,38-,39+,40?;30?,32-,33+,34-,35+,36?;21-,22?,24-,25+,26-,27+,28?;;;/m000.../s1. The van der Waals surface area contributed by atoms with Crippen LogP contribution in [0.15, 0.2) is 71.4 Å². The van der Waals surface area contributed by atoms with Crippen LogP contribution in [0.1, 0.15) is 380 Å². The maximum absolute atomic E-state index is 13.2. The van der Waals surface area contributed by atoms with Crippen LogP contribution >= 0.6 is 0 Å². The van der Waals surface area contributed by atoms with E-state index >= 15 is 0 Å². The second-order valence-electron chi connectivity index (χ2n) is 49.0.